The largest absolute Gasteiger partial charge is 0.348 e. The molecular formula is C9H14O2. The molecule has 0 spiro atoms. The summed E-state index contributed by atoms with van der Waals surface area (Å²) in [5.41, 5.74) is 0.0630. The van der Waals surface area contributed by atoms with Gasteiger partial charge in [-0.3, -0.25) is 0 Å². The van der Waals surface area contributed by atoms with Crippen molar-refractivity contribution < 1.29 is 9.47 Å². The van der Waals surface area contributed by atoms with Crippen molar-refractivity contribution >= 4 is 0 Å². The van der Waals surface area contributed by atoms with E-state index in [4.69, 9.17) is 15.9 Å². The first-order valence-electron chi connectivity index (χ1n) is 3.75. The fourth-order valence-electron chi connectivity index (χ4n) is 1.20. The van der Waals surface area contributed by atoms with Crippen molar-refractivity contribution in [1.82, 2.24) is 0 Å². The smallest absolute Gasteiger partial charge is 0.149 e. The van der Waals surface area contributed by atoms with Gasteiger partial charge in [0, 0.05) is 0 Å². The molecule has 0 bridgehead atoms. The minimum absolute atomic E-state index is 0.0347. The van der Waals surface area contributed by atoms with E-state index < -0.39 is 0 Å². The Morgan fingerprint density at radius 3 is 2.36 bits per heavy atom. The van der Waals surface area contributed by atoms with Crippen LogP contribution in [0.4, 0.5) is 0 Å². The molecule has 0 radical (unpaired) electrons. The lowest BCUT2D eigenvalue weighted by atomic mass is 9.86. The number of hydrogen-bond donors (Lipinski definition) is 0. The van der Waals surface area contributed by atoms with Crippen LogP contribution in [-0.2, 0) is 9.47 Å². The summed E-state index contributed by atoms with van der Waals surface area (Å²) in [5, 5.41) is 0. The summed E-state index contributed by atoms with van der Waals surface area (Å²) < 4.78 is 10.5. The Hall–Kier alpha value is -0.520. The summed E-state index contributed by atoms with van der Waals surface area (Å²) in [4.78, 5) is 0. The molecule has 62 valence electrons. The SMILES string of the molecule is C#C[C@@H]1OCO[C@H]1C(C)(C)C. The third kappa shape index (κ3) is 1.74. The van der Waals surface area contributed by atoms with Gasteiger partial charge < -0.3 is 9.47 Å². The minimum Gasteiger partial charge on any atom is -0.348 e. The Bertz CT molecular complexity index is 173. The standard InChI is InChI=1S/C9H14O2/c1-5-7-8(9(2,3)4)11-6-10-7/h1,7-8H,6H2,2-4H3/t7-,8+/m0/s1. The lowest BCUT2D eigenvalue weighted by Crippen LogP contribution is -2.34. The second kappa shape index (κ2) is 2.84. The zero-order valence-electron chi connectivity index (χ0n) is 7.26. The molecule has 2 heteroatoms. The molecule has 0 unspecified atom stereocenters. The van der Waals surface area contributed by atoms with Gasteiger partial charge in [-0.2, -0.15) is 0 Å². The first-order chi connectivity index (χ1) is 5.05. The average molecular weight is 154 g/mol. The van der Waals surface area contributed by atoms with Gasteiger partial charge in [-0.1, -0.05) is 26.7 Å². The van der Waals surface area contributed by atoms with Gasteiger partial charge in [0.05, 0.1) is 0 Å². The van der Waals surface area contributed by atoms with Crippen molar-refractivity contribution in [2.45, 2.75) is 33.0 Å². The quantitative estimate of drug-likeness (QED) is 0.491. The summed E-state index contributed by atoms with van der Waals surface area (Å²) in [6.45, 7) is 6.61. The fraction of sp³-hybridized carbons (Fsp3) is 0.778. The molecule has 0 aromatic heterocycles. The van der Waals surface area contributed by atoms with Gasteiger partial charge in [-0.25, -0.2) is 0 Å². The molecule has 2 atom stereocenters. The molecule has 1 aliphatic heterocycles. The Balaban J connectivity index is 2.66. The molecule has 11 heavy (non-hydrogen) atoms. The van der Waals surface area contributed by atoms with Crippen LogP contribution < -0.4 is 0 Å². The summed E-state index contributed by atoms with van der Waals surface area (Å²) in [6, 6.07) is 0. The van der Waals surface area contributed by atoms with E-state index >= 15 is 0 Å². The van der Waals surface area contributed by atoms with E-state index in [2.05, 4.69) is 26.7 Å². The van der Waals surface area contributed by atoms with E-state index in [0.717, 1.165) is 0 Å². The Morgan fingerprint density at radius 1 is 1.36 bits per heavy atom. The highest BCUT2D eigenvalue weighted by atomic mass is 16.7. The highest BCUT2D eigenvalue weighted by Gasteiger charge is 2.37. The van der Waals surface area contributed by atoms with Gasteiger partial charge in [0.25, 0.3) is 0 Å². The predicted octanol–water partition coefficient (Wildman–Crippen LogP) is 1.41. The summed E-state index contributed by atoms with van der Waals surface area (Å²) >= 11 is 0. The first-order valence-corrected chi connectivity index (χ1v) is 3.75. The van der Waals surface area contributed by atoms with Crippen LogP contribution in [0.15, 0.2) is 0 Å². The Morgan fingerprint density at radius 2 is 2.00 bits per heavy atom. The molecule has 1 aliphatic rings. The molecular weight excluding hydrogens is 140 g/mol. The number of hydrogen-bond acceptors (Lipinski definition) is 2. The van der Waals surface area contributed by atoms with Crippen LogP contribution in [0.5, 0.6) is 0 Å². The molecule has 1 rings (SSSR count). The van der Waals surface area contributed by atoms with Crippen LogP contribution >= 0.6 is 0 Å². The lowest BCUT2D eigenvalue weighted by molar-refractivity contribution is 0.00936. The van der Waals surface area contributed by atoms with E-state index in [1.165, 1.54) is 0 Å². The topological polar surface area (TPSA) is 18.5 Å². The molecule has 2 nitrogen and oxygen atoms in total. The second-order valence-corrected chi connectivity index (χ2v) is 3.83. The fourth-order valence-corrected chi connectivity index (χ4v) is 1.20. The average Bonchev–Trinajstić information content (AvgIpc) is 2.31. The van der Waals surface area contributed by atoms with Gasteiger partial charge in [-0.05, 0) is 5.41 Å². The van der Waals surface area contributed by atoms with Crippen molar-refractivity contribution in [2.75, 3.05) is 6.79 Å². The molecule has 1 fully saturated rings. The molecule has 0 aromatic rings. The van der Waals surface area contributed by atoms with Crippen molar-refractivity contribution in [3.05, 3.63) is 0 Å². The van der Waals surface area contributed by atoms with Crippen LogP contribution in [0.3, 0.4) is 0 Å². The lowest BCUT2D eigenvalue weighted by Gasteiger charge is -2.26. The maximum Gasteiger partial charge on any atom is 0.149 e. The third-order valence-electron chi connectivity index (χ3n) is 1.79. The number of rotatable bonds is 0. The minimum atomic E-state index is -0.171. The van der Waals surface area contributed by atoms with Gasteiger partial charge in [0.2, 0.25) is 0 Å². The van der Waals surface area contributed by atoms with Crippen LogP contribution in [0.1, 0.15) is 20.8 Å². The van der Waals surface area contributed by atoms with E-state index in [9.17, 15) is 0 Å². The van der Waals surface area contributed by atoms with Crippen LogP contribution in [0, 0.1) is 17.8 Å². The highest BCUT2D eigenvalue weighted by molar-refractivity contribution is 5.03. The van der Waals surface area contributed by atoms with Gasteiger partial charge in [0.1, 0.15) is 19.0 Å². The summed E-state index contributed by atoms with van der Waals surface area (Å²) in [6.07, 6.45) is 5.13. The Kier molecular flexibility index (Phi) is 2.22. The second-order valence-electron chi connectivity index (χ2n) is 3.83. The maximum absolute atomic E-state index is 5.36. The van der Waals surface area contributed by atoms with Crippen molar-refractivity contribution in [3.63, 3.8) is 0 Å². The molecule has 0 aromatic carbocycles. The predicted molar refractivity (Wildman–Crippen MR) is 42.9 cm³/mol. The highest BCUT2D eigenvalue weighted by Crippen LogP contribution is 2.29. The van der Waals surface area contributed by atoms with E-state index in [1.54, 1.807) is 0 Å². The third-order valence-corrected chi connectivity index (χ3v) is 1.79. The van der Waals surface area contributed by atoms with E-state index in [0.29, 0.717) is 6.79 Å². The summed E-state index contributed by atoms with van der Waals surface area (Å²) in [7, 11) is 0. The van der Waals surface area contributed by atoms with Crippen LogP contribution in [0.2, 0.25) is 0 Å². The molecule has 1 heterocycles. The van der Waals surface area contributed by atoms with Gasteiger partial charge in [-0.15, -0.1) is 6.42 Å². The van der Waals surface area contributed by atoms with Gasteiger partial charge >= 0.3 is 0 Å². The maximum atomic E-state index is 5.36. The van der Waals surface area contributed by atoms with Crippen LogP contribution in [0.25, 0.3) is 0 Å². The molecule has 0 amide bonds. The monoisotopic (exact) mass is 154 g/mol. The van der Waals surface area contributed by atoms with Crippen molar-refractivity contribution in [3.8, 4) is 12.3 Å². The van der Waals surface area contributed by atoms with E-state index in [1.807, 2.05) is 0 Å². The van der Waals surface area contributed by atoms with Gasteiger partial charge in [0.15, 0.2) is 0 Å². The van der Waals surface area contributed by atoms with Crippen molar-refractivity contribution in [2.24, 2.45) is 5.41 Å². The van der Waals surface area contributed by atoms with Crippen LogP contribution in [-0.4, -0.2) is 19.0 Å². The molecule has 0 N–H and O–H groups in total. The number of ether oxygens (including phenoxy) is 2. The normalized spacial score (nSPS) is 31.8. The molecule has 1 saturated heterocycles. The van der Waals surface area contributed by atoms with Crippen molar-refractivity contribution in [1.29, 1.82) is 0 Å². The molecule has 0 saturated carbocycles. The first kappa shape index (κ1) is 8.58. The Labute approximate surface area is 67.9 Å². The molecule has 0 aliphatic carbocycles. The zero-order chi connectivity index (χ0) is 8.48. The summed E-state index contributed by atoms with van der Waals surface area (Å²) in [5.74, 6) is 2.57. The zero-order valence-corrected chi connectivity index (χ0v) is 7.26. The number of terminal acetylenes is 1. The van der Waals surface area contributed by atoms with E-state index in [-0.39, 0.29) is 17.6 Å².